The quantitative estimate of drug-likeness (QED) is 0.585. The summed E-state index contributed by atoms with van der Waals surface area (Å²) < 4.78 is 11.0. The number of ketones is 1. The number of ether oxygens (including phenoxy) is 2. The maximum atomic E-state index is 13.2. The van der Waals surface area contributed by atoms with Gasteiger partial charge in [0.25, 0.3) is 0 Å². The number of esters is 1. The van der Waals surface area contributed by atoms with E-state index in [1.807, 2.05) is 20.8 Å². The van der Waals surface area contributed by atoms with Crippen LogP contribution in [0.3, 0.4) is 0 Å². The number of rotatable bonds is 3. The zero-order valence-electron chi connectivity index (χ0n) is 16.5. The molecule has 146 valence electrons. The van der Waals surface area contributed by atoms with Gasteiger partial charge in [-0.25, -0.2) is 4.79 Å². The van der Waals surface area contributed by atoms with E-state index in [2.05, 4.69) is 0 Å². The third-order valence-corrected chi connectivity index (χ3v) is 6.82. The molecule has 0 aromatic rings. The molecule has 1 saturated carbocycles. The van der Waals surface area contributed by atoms with Crippen molar-refractivity contribution >= 4 is 11.8 Å². The minimum atomic E-state index is -1.76. The average molecular weight is 366 g/mol. The van der Waals surface area contributed by atoms with E-state index in [1.54, 1.807) is 13.8 Å². The Bertz CT molecular complexity index is 678. The maximum absolute atomic E-state index is 13.2. The zero-order chi connectivity index (χ0) is 19.7. The van der Waals surface area contributed by atoms with E-state index in [0.29, 0.717) is 12.0 Å². The van der Waals surface area contributed by atoms with Crippen LogP contribution in [0.5, 0.6) is 0 Å². The van der Waals surface area contributed by atoms with Crippen LogP contribution in [-0.2, 0) is 19.1 Å². The SMILES string of the molecule is CC1=C2C(=O)[C@H](C(C)C)C[C@@H](OC(=O)[C@@]3(C)O[C@@H]3C)[C@@](C)(O)[C@]2(O)CC1. The van der Waals surface area contributed by atoms with Crippen LogP contribution in [0, 0.1) is 11.8 Å². The standard InChI is InChI=1S/C20H30O6/c1-10(2)13-9-14(25-17(22)18(5)12(4)26-18)19(6,23)20(24)8-7-11(3)15(20)16(13)21/h10,12-14,23-24H,7-9H2,1-6H3/t12-,13+,14-,18+,19-,20+/m1/s1. The minimum Gasteiger partial charge on any atom is -0.457 e. The van der Waals surface area contributed by atoms with E-state index >= 15 is 0 Å². The molecule has 1 saturated heterocycles. The van der Waals surface area contributed by atoms with Gasteiger partial charge in [-0.05, 0) is 52.9 Å². The molecule has 6 nitrogen and oxygen atoms in total. The normalized spacial score (nSPS) is 45.6. The molecule has 0 amide bonds. The van der Waals surface area contributed by atoms with Crippen molar-refractivity contribution in [3.63, 3.8) is 0 Å². The summed E-state index contributed by atoms with van der Waals surface area (Å²) in [5, 5.41) is 22.7. The van der Waals surface area contributed by atoms with Crippen molar-refractivity contribution in [1.29, 1.82) is 0 Å². The summed E-state index contributed by atoms with van der Waals surface area (Å²) in [6.45, 7) is 10.6. The molecule has 0 bridgehead atoms. The third kappa shape index (κ3) is 2.57. The lowest BCUT2D eigenvalue weighted by Gasteiger charge is -2.42. The lowest BCUT2D eigenvalue weighted by Crippen LogP contribution is -2.60. The van der Waals surface area contributed by atoms with Crippen molar-refractivity contribution in [3.8, 4) is 0 Å². The van der Waals surface area contributed by atoms with Crippen molar-refractivity contribution in [3.05, 3.63) is 11.1 Å². The summed E-state index contributed by atoms with van der Waals surface area (Å²) in [6.07, 6.45) is -0.278. The summed E-state index contributed by atoms with van der Waals surface area (Å²) in [5.74, 6) is -1.13. The van der Waals surface area contributed by atoms with Crippen LogP contribution in [0.2, 0.25) is 0 Å². The molecule has 3 aliphatic rings. The van der Waals surface area contributed by atoms with Crippen molar-refractivity contribution in [2.75, 3.05) is 0 Å². The topological polar surface area (TPSA) is 96.4 Å². The van der Waals surface area contributed by atoms with Crippen LogP contribution in [0.1, 0.15) is 60.8 Å². The van der Waals surface area contributed by atoms with E-state index < -0.39 is 34.8 Å². The number of fused-ring (bicyclic) bond motifs is 1. The van der Waals surface area contributed by atoms with Crippen LogP contribution in [0.15, 0.2) is 11.1 Å². The van der Waals surface area contributed by atoms with E-state index in [9.17, 15) is 19.8 Å². The number of hydrogen-bond donors (Lipinski definition) is 2. The number of carbonyl (C=O) groups is 2. The van der Waals surface area contributed by atoms with Crippen LogP contribution in [0.25, 0.3) is 0 Å². The maximum Gasteiger partial charge on any atom is 0.341 e. The Morgan fingerprint density at radius 2 is 1.88 bits per heavy atom. The van der Waals surface area contributed by atoms with Crippen LogP contribution >= 0.6 is 0 Å². The molecule has 2 aliphatic carbocycles. The van der Waals surface area contributed by atoms with Gasteiger partial charge in [-0.2, -0.15) is 0 Å². The molecule has 0 radical (unpaired) electrons. The predicted molar refractivity (Wildman–Crippen MR) is 94.3 cm³/mol. The number of hydrogen-bond acceptors (Lipinski definition) is 6. The Kier molecular flexibility index (Phi) is 4.41. The molecule has 2 N–H and O–H groups in total. The van der Waals surface area contributed by atoms with E-state index in [0.717, 1.165) is 5.57 Å². The molecule has 3 rings (SSSR count). The van der Waals surface area contributed by atoms with Gasteiger partial charge in [0.05, 0.1) is 6.10 Å². The predicted octanol–water partition coefficient (Wildman–Crippen LogP) is 1.91. The number of aliphatic hydroxyl groups is 2. The van der Waals surface area contributed by atoms with Crippen molar-refractivity contribution in [2.24, 2.45) is 11.8 Å². The van der Waals surface area contributed by atoms with Crippen LogP contribution < -0.4 is 0 Å². The second-order valence-corrected chi connectivity index (χ2v) is 8.87. The highest BCUT2D eigenvalue weighted by Crippen LogP contribution is 2.51. The second-order valence-electron chi connectivity index (χ2n) is 8.87. The van der Waals surface area contributed by atoms with Crippen molar-refractivity contribution in [1.82, 2.24) is 0 Å². The summed E-state index contributed by atoms with van der Waals surface area (Å²) in [4.78, 5) is 25.8. The third-order valence-electron chi connectivity index (χ3n) is 6.82. The Morgan fingerprint density at radius 1 is 1.31 bits per heavy atom. The molecule has 6 heteroatoms. The highest BCUT2D eigenvalue weighted by Gasteiger charge is 2.64. The monoisotopic (exact) mass is 366 g/mol. The number of epoxide rings is 1. The van der Waals surface area contributed by atoms with Gasteiger partial charge in [0.2, 0.25) is 0 Å². The van der Waals surface area contributed by atoms with Gasteiger partial charge in [-0.3, -0.25) is 4.79 Å². The molecule has 0 unspecified atom stereocenters. The summed E-state index contributed by atoms with van der Waals surface area (Å²) in [5.41, 5.74) is -3.38. The molecular formula is C20H30O6. The average Bonchev–Trinajstić information content (AvgIpc) is 3.04. The molecule has 0 aromatic heterocycles. The van der Waals surface area contributed by atoms with Crippen molar-refractivity contribution < 1.29 is 29.3 Å². The summed E-state index contributed by atoms with van der Waals surface area (Å²) in [7, 11) is 0. The smallest absolute Gasteiger partial charge is 0.341 e. The lowest BCUT2D eigenvalue weighted by molar-refractivity contribution is -0.200. The zero-order valence-corrected chi connectivity index (χ0v) is 16.5. The lowest BCUT2D eigenvalue weighted by atomic mass is 9.76. The Morgan fingerprint density at radius 3 is 2.38 bits per heavy atom. The summed E-state index contributed by atoms with van der Waals surface area (Å²) >= 11 is 0. The van der Waals surface area contributed by atoms with Gasteiger partial charge < -0.3 is 19.7 Å². The first-order valence-corrected chi connectivity index (χ1v) is 9.44. The first kappa shape index (κ1) is 19.5. The van der Waals surface area contributed by atoms with Gasteiger partial charge in [0.1, 0.15) is 17.3 Å². The molecule has 1 aliphatic heterocycles. The molecule has 6 atom stereocenters. The second kappa shape index (κ2) is 5.88. The van der Waals surface area contributed by atoms with Gasteiger partial charge in [0, 0.05) is 11.5 Å². The highest BCUT2D eigenvalue weighted by atomic mass is 16.7. The Hall–Kier alpha value is -1.24. The van der Waals surface area contributed by atoms with Gasteiger partial charge in [-0.15, -0.1) is 0 Å². The largest absolute Gasteiger partial charge is 0.457 e. The first-order valence-electron chi connectivity index (χ1n) is 9.44. The fourth-order valence-electron chi connectivity index (χ4n) is 4.44. The number of Topliss-reactive ketones (excluding diaryl/α,β-unsaturated/α-hetero) is 1. The fourth-order valence-corrected chi connectivity index (χ4v) is 4.44. The Balaban J connectivity index is 2.02. The fraction of sp³-hybridized carbons (Fsp3) is 0.800. The van der Waals surface area contributed by atoms with Crippen LogP contribution in [-0.4, -0.2) is 51.0 Å². The van der Waals surface area contributed by atoms with Crippen LogP contribution in [0.4, 0.5) is 0 Å². The Labute approximate surface area is 154 Å². The highest BCUT2D eigenvalue weighted by molar-refractivity contribution is 6.01. The van der Waals surface area contributed by atoms with E-state index in [4.69, 9.17) is 9.47 Å². The molecule has 26 heavy (non-hydrogen) atoms. The minimum absolute atomic E-state index is 0.00515. The molecular weight excluding hydrogens is 336 g/mol. The van der Waals surface area contributed by atoms with Gasteiger partial charge in [0.15, 0.2) is 11.4 Å². The molecule has 2 fully saturated rings. The van der Waals surface area contributed by atoms with Crippen molar-refractivity contribution in [2.45, 2.75) is 89.8 Å². The first-order chi connectivity index (χ1) is 11.9. The van der Waals surface area contributed by atoms with Gasteiger partial charge in [-0.1, -0.05) is 19.4 Å². The molecule has 0 aromatic carbocycles. The molecule has 0 spiro atoms. The van der Waals surface area contributed by atoms with E-state index in [1.165, 1.54) is 6.92 Å². The van der Waals surface area contributed by atoms with Gasteiger partial charge >= 0.3 is 5.97 Å². The number of allylic oxidation sites excluding steroid dienone is 1. The summed E-state index contributed by atoms with van der Waals surface area (Å²) in [6, 6.07) is 0. The molecule has 1 heterocycles. The van der Waals surface area contributed by atoms with E-state index in [-0.39, 0.29) is 30.6 Å². The number of carbonyl (C=O) groups excluding carboxylic acids is 2.